The highest BCUT2D eigenvalue weighted by atomic mass is 16.6. The minimum absolute atomic E-state index is 0.200. The largest absolute Gasteiger partial charge is 0.414 e. The van der Waals surface area contributed by atoms with E-state index < -0.39 is 12.1 Å². The first-order chi connectivity index (χ1) is 12.1. The molecule has 1 aromatic carbocycles. The van der Waals surface area contributed by atoms with Crippen molar-refractivity contribution in [3.63, 3.8) is 0 Å². The van der Waals surface area contributed by atoms with Crippen LogP contribution < -0.4 is 5.32 Å². The molecule has 2 aliphatic rings. The summed E-state index contributed by atoms with van der Waals surface area (Å²) in [6.45, 7) is 0. The maximum Gasteiger partial charge on any atom is 0.414 e. The Balaban J connectivity index is 1.71. The molecule has 2 unspecified atom stereocenters. The molecule has 3 heterocycles. The zero-order chi connectivity index (χ0) is 17.6. The Hall–Kier alpha value is -2.41. The van der Waals surface area contributed by atoms with Gasteiger partial charge in [0.25, 0.3) is 0 Å². The Morgan fingerprint density at radius 3 is 2.52 bits per heavy atom. The van der Waals surface area contributed by atoms with Crippen LogP contribution in [0.15, 0.2) is 24.3 Å². The first kappa shape index (κ1) is 16.1. The highest BCUT2D eigenvalue weighted by molar-refractivity contribution is 6.05. The predicted molar refractivity (Wildman–Crippen MR) is 92.4 cm³/mol. The quantitative estimate of drug-likeness (QED) is 0.669. The Kier molecular flexibility index (Phi) is 3.95. The van der Waals surface area contributed by atoms with Crippen LogP contribution in [0.4, 0.5) is 4.79 Å². The second-order valence-corrected chi connectivity index (χ2v) is 6.91. The van der Waals surface area contributed by atoms with Crippen molar-refractivity contribution in [1.29, 1.82) is 0 Å². The van der Waals surface area contributed by atoms with Crippen LogP contribution in [0.3, 0.4) is 0 Å². The highest BCUT2D eigenvalue weighted by Gasteiger charge is 2.40. The second-order valence-electron chi connectivity index (χ2n) is 6.91. The van der Waals surface area contributed by atoms with E-state index in [1.165, 1.54) is 19.9 Å². The third-order valence-corrected chi connectivity index (χ3v) is 5.62. The number of para-hydroxylation sites is 1. The Morgan fingerprint density at radius 1 is 1.16 bits per heavy atom. The first-order valence-electron chi connectivity index (χ1n) is 8.71. The van der Waals surface area contributed by atoms with Gasteiger partial charge in [-0.15, -0.1) is 0 Å². The average Bonchev–Trinajstić information content (AvgIpc) is 3.07. The fourth-order valence-electron chi connectivity index (χ4n) is 4.28. The molecule has 7 nitrogen and oxygen atoms in total. The summed E-state index contributed by atoms with van der Waals surface area (Å²) in [7, 11) is 3.62. The van der Waals surface area contributed by atoms with Crippen molar-refractivity contribution in [3.8, 4) is 0 Å². The lowest BCUT2D eigenvalue weighted by Gasteiger charge is -2.36. The van der Waals surface area contributed by atoms with Gasteiger partial charge in [-0.2, -0.15) is 5.10 Å². The van der Waals surface area contributed by atoms with Crippen molar-refractivity contribution in [2.24, 2.45) is 0 Å². The van der Waals surface area contributed by atoms with Gasteiger partial charge < -0.3 is 15.0 Å². The lowest BCUT2D eigenvalue weighted by molar-refractivity contribution is 0.0619. The first-order valence-corrected chi connectivity index (χ1v) is 8.71. The van der Waals surface area contributed by atoms with Crippen LogP contribution in [-0.2, 0) is 4.74 Å². The number of aromatic nitrogens is 2. The molecule has 132 valence electrons. The van der Waals surface area contributed by atoms with Gasteiger partial charge in [0.1, 0.15) is 0 Å². The Bertz CT molecular complexity index is 817. The lowest BCUT2D eigenvalue weighted by Crippen LogP contribution is -2.40. The number of rotatable bonds is 2. The summed E-state index contributed by atoms with van der Waals surface area (Å²) in [6, 6.07) is 9.05. The van der Waals surface area contributed by atoms with E-state index in [0.717, 1.165) is 23.7 Å². The highest BCUT2D eigenvalue weighted by Crippen LogP contribution is 2.40. The number of ether oxygens (including phenoxy) is 1. The standard InChI is InChI=1S/C18H22N4O3/c1-19-18(24)25-17(23)16-14-5-3-4-6-15(14)22(20-16)13-9-11-7-8-12(10-13)21(11)2/h3-6,11-13H,7-10H2,1-2H3,(H,19,24). The number of hydrogen-bond donors (Lipinski definition) is 1. The van der Waals surface area contributed by atoms with E-state index in [4.69, 9.17) is 4.74 Å². The van der Waals surface area contributed by atoms with Crippen LogP contribution in [0.5, 0.6) is 0 Å². The van der Waals surface area contributed by atoms with Gasteiger partial charge in [-0.1, -0.05) is 18.2 Å². The minimum atomic E-state index is -0.777. The minimum Gasteiger partial charge on any atom is -0.371 e. The van der Waals surface area contributed by atoms with Crippen molar-refractivity contribution in [1.82, 2.24) is 20.0 Å². The Morgan fingerprint density at radius 2 is 1.84 bits per heavy atom. The van der Waals surface area contributed by atoms with E-state index in [1.54, 1.807) is 0 Å². The molecule has 0 saturated carbocycles. The molecule has 2 atom stereocenters. The molecule has 2 fully saturated rings. The Labute approximate surface area is 145 Å². The van der Waals surface area contributed by atoms with Crippen molar-refractivity contribution < 1.29 is 14.3 Å². The van der Waals surface area contributed by atoms with Gasteiger partial charge in [0.2, 0.25) is 0 Å². The molecular formula is C18H22N4O3. The summed E-state index contributed by atoms with van der Waals surface area (Å²) < 4.78 is 6.76. The van der Waals surface area contributed by atoms with Gasteiger partial charge in [0.05, 0.1) is 11.6 Å². The van der Waals surface area contributed by atoms with E-state index in [0.29, 0.717) is 12.1 Å². The molecule has 2 aliphatic heterocycles. The monoisotopic (exact) mass is 342 g/mol. The molecule has 25 heavy (non-hydrogen) atoms. The predicted octanol–water partition coefficient (Wildman–Crippen LogP) is 2.33. The van der Waals surface area contributed by atoms with Crippen LogP contribution in [-0.4, -0.2) is 52.9 Å². The fourth-order valence-corrected chi connectivity index (χ4v) is 4.28. The summed E-state index contributed by atoms with van der Waals surface area (Å²) in [4.78, 5) is 26.2. The van der Waals surface area contributed by atoms with Crippen molar-refractivity contribution in [2.45, 2.75) is 43.8 Å². The van der Waals surface area contributed by atoms with E-state index in [-0.39, 0.29) is 11.7 Å². The number of carbonyl (C=O) groups is 2. The molecule has 1 aromatic heterocycles. The van der Waals surface area contributed by atoms with Crippen molar-refractivity contribution in [3.05, 3.63) is 30.0 Å². The van der Waals surface area contributed by atoms with Gasteiger partial charge in [0.15, 0.2) is 5.69 Å². The molecule has 1 amide bonds. The van der Waals surface area contributed by atoms with Gasteiger partial charge in [-0.3, -0.25) is 4.68 Å². The van der Waals surface area contributed by atoms with E-state index in [9.17, 15) is 9.59 Å². The number of nitrogens with one attached hydrogen (secondary N) is 1. The molecule has 1 N–H and O–H groups in total. The normalized spacial score (nSPS) is 25.9. The van der Waals surface area contributed by atoms with E-state index in [2.05, 4.69) is 22.4 Å². The van der Waals surface area contributed by atoms with Crippen LogP contribution >= 0.6 is 0 Å². The van der Waals surface area contributed by atoms with E-state index >= 15 is 0 Å². The van der Waals surface area contributed by atoms with Gasteiger partial charge in [-0.05, 0) is 38.8 Å². The average molecular weight is 342 g/mol. The zero-order valence-corrected chi connectivity index (χ0v) is 14.4. The molecule has 2 aromatic rings. The molecular weight excluding hydrogens is 320 g/mol. The summed E-state index contributed by atoms with van der Waals surface area (Å²) in [5.74, 6) is -0.717. The van der Waals surface area contributed by atoms with Crippen molar-refractivity contribution in [2.75, 3.05) is 14.1 Å². The number of benzene rings is 1. The maximum atomic E-state index is 12.4. The van der Waals surface area contributed by atoms with Crippen LogP contribution in [0.25, 0.3) is 10.9 Å². The number of amides is 1. The van der Waals surface area contributed by atoms with Crippen LogP contribution in [0, 0.1) is 0 Å². The van der Waals surface area contributed by atoms with Crippen LogP contribution in [0.2, 0.25) is 0 Å². The van der Waals surface area contributed by atoms with E-state index in [1.807, 2.05) is 28.9 Å². The van der Waals surface area contributed by atoms with Crippen molar-refractivity contribution >= 4 is 23.0 Å². The van der Waals surface area contributed by atoms with Gasteiger partial charge in [-0.25, -0.2) is 9.59 Å². The summed E-state index contributed by atoms with van der Waals surface area (Å²) in [6.07, 6.45) is 3.73. The zero-order valence-electron chi connectivity index (χ0n) is 14.4. The smallest absolute Gasteiger partial charge is 0.371 e. The third kappa shape index (κ3) is 2.68. The number of nitrogens with zero attached hydrogens (tertiary/aromatic N) is 3. The molecule has 2 bridgehead atoms. The number of carbonyl (C=O) groups excluding carboxylic acids is 2. The third-order valence-electron chi connectivity index (χ3n) is 5.62. The lowest BCUT2D eigenvalue weighted by atomic mass is 9.98. The molecule has 0 aliphatic carbocycles. The number of esters is 1. The number of alkyl carbamates (subject to hydrolysis) is 1. The maximum absolute atomic E-state index is 12.4. The van der Waals surface area contributed by atoms with Gasteiger partial charge in [0, 0.05) is 24.5 Å². The summed E-state index contributed by atoms with van der Waals surface area (Å²) in [5.41, 5.74) is 1.12. The second kappa shape index (κ2) is 6.15. The summed E-state index contributed by atoms with van der Waals surface area (Å²) in [5, 5.41) is 7.58. The summed E-state index contributed by atoms with van der Waals surface area (Å²) >= 11 is 0. The van der Waals surface area contributed by atoms with Gasteiger partial charge >= 0.3 is 12.1 Å². The molecule has 2 saturated heterocycles. The number of hydrogen-bond acceptors (Lipinski definition) is 5. The molecule has 7 heteroatoms. The number of fused-ring (bicyclic) bond motifs is 3. The fraction of sp³-hybridized carbons (Fsp3) is 0.500. The molecule has 4 rings (SSSR count). The molecule has 0 radical (unpaired) electrons. The van der Waals surface area contributed by atoms with Crippen LogP contribution in [0.1, 0.15) is 42.2 Å². The molecule has 0 spiro atoms. The SMILES string of the molecule is CNC(=O)OC(=O)c1nn(C2CC3CCC(C2)N3C)c2ccccc12. The topological polar surface area (TPSA) is 76.5 Å². The number of piperidine rings is 1.